The number of aromatic nitrogens is 2. The first kappa shape index (κ1) is 32.4. The number of piperazine rings is 1. The molecule has 1 fully saturated rings. The average molecular weight is 600 g/mol. The van der Waals surface area contributed by atoms with Crippen LogP contribution in [0.2, 0.25) is 0 Å². The Kier molecular flexibility index (Phi) is 10.7. The number of allylic oxidation sites excluding steroid dienone is 3. The molecule has 0 spiro atoms. The molecular weight excluding hydrogens is 567 g/mol. The van der Waals surface area contributed by atoms with Crippen LogP contribution in [0.25, 0.3) is 16.6 Å². The number of hydrogen-bond donors (Lipinski definition) is 2. The number of carboxylic acid groups (broad SMARTS) is 1. The van der Waals surface area contributed by atoms with Gasteiger partial charge in [0, 0.05) is 49.3 Å². The van der Waals surface area contributed by atoms with E-state index in [0.29, 0.717) is 49.8 Å². The number of nitrogens with one attached hydrogen (secondary N) is 1. The lowest BCUT2D eigenvalue weighted by molar-refractivity contribution is -0.192. The van der Waals surface area contributed by atoms with Crippen LogP contribution in [0.15, 0.2) is 84.3 Å². The van der Waals surface area contributed by atoms with Gasteiger partial charge >= 0.3 is 18.2 Å². The van der Waals surface area contributed by atoms with Crippen molar-refractivity contribution >= 4 is 34.6 Å². The number of amides is 1. The first-order valence-corrected chi connectivity index (χ1v) is 13.2. The minimum Gasteiger partial charge on any atom is -0.475 e. The Labute approximate surface area is 246 Å². The zero-order valence-electron chi connectivity index (χ0n) is 23.7. The fraction of sp³-hybridized carbons (Fsp3) is 0.267. The maximum Gasteiger partial charge on any atom is 0.490 e. The first-order chi connectivity index (χ1) is 20.4. The van der Waals surface area contributed by atoms with Gasteiger partial charge in [0.1, 0.15) is 11.6 Å². The highest BCUT2D eigenvalue weighted by molar-refractivity contribution is 5.93. The minimum absolute atomic E-state index is 0.142. The second-order valence-electron chi connectivity index (χ2n) is 9.21. The Hall–Kier alpha value is -5.07. The molecule has 1 amide bonds. The van der Waals surface area contributed by atoms with Crippen LogP contribution in [0.3, 0.4) is 0 Å². The summed E-state index contributed by atoms with van der Waals surface area (Å²) in [6.07, 6.45) is -0.258. The van der Waals surface area contributed by atoms with Crippen molar-refractivity contribution in [1.29, 1.82) is 0 Å². The highest BCUT2D eigenvalue weighted by Gasteiger charge is 2.38. The van der Waals surface area contributed by atoms with E-state index in [0.717, 1.165) is 22.6 Å². The van der Waals surface area contributed by atoms with Gasteiger partial charge in [-0.05, 0) is 44.2 Å². The number of carbonyl (C=O) groups excluding carboxylic acids is 1. The maximum atomic E-state index is 13.6. The Balaban J connectivity index is 0.000000646. The van der Waals surface area contributed by atoms with Gasteiger partial charge in [-0.2, -0.15) is 13.2 Å². The number of benzene rings is 1. The zero-order chi connectivity index (χ0) is 31.7. The molecule has 3 aromatic rings. The molecule has 228 valence electrons. The van der Waals surface area contributed by atoms with Gasteiger partial charge in [-0.3, -0.25) is 9.36 Å². The van der Waals surface area contributed by atoms with E-state index in [4.69, 9.17) is 19.6 Å². The number of ether oxygens (including phenoxy) is 1. The molecular formula is C30H32F3N5O5. The van der Waals surface area contributed by atoms with Crippen molar-refractivity contribution in [2.75, 3.05) is 43.0 Å². The smallest absolute Gasteiger partial charge is 0.475 e. The molecule has 1 aliphatic rings. The number of hydrogen-bond acceptors (Lipinski definition) is 7. The number of anilines is 2. The number of aliphatic carboxylic acids is 1. The van der Waals surface area contributed by atoms with Crippen molar-refractivity contribution in [3.8, 4) is 5.69 Å². The number of para-hydroxylation sites is 1. The van der Waals surface area contributed by atoms with Crippen LogP contribution in [-0.4, -0.2) is 70.6 Å². The van der Waals surface area contributed by atoms with Crippen LogP contribution in [-0.2, 0) is 9.53 Å². The molecule has 0 bridgehead atoms. The summed E-state index contributed by atoms with van der Waals surface area (Å²) in [5, 5.41) is 11.0. The van der Waals surface area contributed by atoms with Crippen LogP contribution < -0.4 is 15.6 Å². The van der Waals surface area contributed by atoms with Gasteiger partial charge in [-0.15, -0.1) is 0 Å². The van der Waals surface area contributed by atoms with E-state index in [9.17, 15) is 22.8 Å². The molecule has 0 atom stereocenters. The van der Waals surface area contributed by atoms with Crippen molar-refractivity contribution in [2.24, 2.45) is 0 Å². The lowest BCUT2D eigenvalue weighted by Crippen LogP contribution is -2.49. The number of carboxylic acids is 1. The van der Waals surface area contributed by atoms with Gasteiger partial charge in [0.2, 0.25) is 0 Å². The van der Waals surface area contributed by atoms with Gasteiger partial charge in [0.05, 0.1) is 17.5 Å². The SMILES string of the molecule is C=C/C=C(\C=C)Nc1cc(=O)c2c(N3CCN(C(=O)OCC)CC3)nc(C)cc2n1-c1ccccc1.O=C(O)C(F)(F)F. The van der Waals surface area contributed by atoms with E-state index < -0.39 is 12.1 Å². The molecule has 0 aliphatic carbocycles. The largest absolute Gasteiger partial charge is 0.490 e. The molecule has 1 aromatic carbocycles. The number of alkyl halides is 3. The summed E-state index contributed by atoms with van der Waals surface area (Å²) in [7, 11) is 0. The maximum absolute atomic E-state index is 13.6. The highest BCUT2D eigenvalue weighted by Crippen LogP contribution is 2.30. The van der Waals surface area contributed by atoms with Crippen molar-refractivity contribution < 1.29 is 32.6 Å². The van der Waals surface area contributed by atoms with Crippen LogP contribution >= 0.6 is 0 Å². The third-order valence-electron chi connectivity index (χ3n) is 6.26. The van der Waals surface area contributed by atoms with E-state index in [1.54, 1.807) is 36.1 Å². The van der Waals surface area contributed by atoms with Gasteiger partial charge in [-0.1, -0.05) is 37.4 Å². The second-order valence-corrected chi connectivity index (χ2v) is 9.21. The third kappa shape index (κ3) is 8.03. The summed E-state index contributed by atoms with van der Waals surface area (Å²) in [5.41, 5.74) is 3.01. The normalized spacial score (nSPS) is 13.6. The lowest BCUT2D eigenvalue weighted by atomic mass is 10.1. The van der Waals surface area contributed by atoms with Gasteiger partial charge in [0.15, 0.2) is 5.43 Å². The van der Waals surface area contributed by atoms with Gasteiger partial charge in [0.25, 0.3) is 0 Å². The monoisotopic (exact) mass is 599 g/mol. The summed E-state index contributed by atoms with van der Waals surface area (Å²) in [5.74, 6) is -1.52. The van der Waals surface area contributed by atoms with E-state index in [-0.39, 0.29) is 11.5 Å². The molecule has 1 aliphatic heterocycles. The number of aryl methyl sites for hydroxylation is 1. The number of rotatable bonds is 7. The van der Waals surface area contributed by atoms with E-state index in [2.05, 4.69) is 23.4 Å². The van der Waals surface area contributed by atoms with Crippen LogP contribution in [0, 0.1) is 6.92 Å². The number of pyridine rings is 2. The molecule has 2 N–H and O–H groups in total. The molecule has 0 radical (unpaired) electrons. The van der Waals surface area contributed by atoms with Gasteiger partial charge < -0.3 is 25.0 Å². The average Bonchev–Trinajstić information content (AvgIpc) is 2.97. The predicted octanol–water partition coefficient (Wildman–Crippen LogP) is 5.27. The van der Waals surface area contributed by atoms with E-state index >= 15 is 0 Å². The molecule has 0 saturated carbocycles. The molecule has 13 heteroatoms. The Bertz CT molecular complexity index is 1580. The zero-order valence-corrected chi connectivity index (χ0v) is 23.7. The summed E-state index contributed by atoms with van der Waals surface area (Å²) in [6, 6.07) is 13.4. The van der Waals surface area contributed by atoms with Crippen LogP contribution in [0.1, 0.15) is 12.6 Å². The number of fused-ring (bicyclic) bond motifs is 1. The summed E-state index contributed by atoms with van der Waals surface area (Å²) >= 11 is 0. The Morgan fingerprint density at radius 3 is 2.28 bits per heavy atom. The molecule has 10 nitrogen and oxygen atoms in total. The van der Waals surface area contributed by atoms with Crippen LogP contribution in [0.5, 0.6) is 0 Å². The quantitative estimate of drug-likeness (QED) is 0.353. The molecule has 43 heavy (non-hydrogen) atoms. The Morgan fingerprint density at radius 1 is 1.12 bits per heavy atom. The van der Waals surface area contributed by atoms with Crippen molar-refractivity contribution in [3.05, 3.63) is 95.5 Å². The Morgan fingerprint density at radius 2 is 1.74 bits per heavy atom. The van der Waals surface area contributed by atoms with Gasteiger partial charge in [-0.25, -0.2) is 14.6 Å². The van der Waals surface area contributed by atoms with Crippen molar-refractivity contribution in [2.45, 2.75) is 20.0 Å². The number of halogens is 3. The first-order valence-electron chi connectivity index (χ1n) is 13.2. The highest BCUT2D eigenvalue weighted by atomic mass is 19.4. The fourth-order valence-corrected chi connectivity index (χ4v) is 4.37. The molecule has 0 unspecified atom stereocenters. The number of carbonyl (C=O) groups is 2. The standard InChI is InChI=1S/C28H31N5O3.C2HF3O2/c1-5-11-21(6-2)30-25-19-24(34)26-23(33(25)22-12-9-8-10-13-22)18-20(4)29-27(26)31-14-16-32(17-15-31)28(35)36-7-3;3-2(4,5)1(6)7/h5-6,8-13,18-19,30H,1-2,7,14-17H2,3-4H3;(H,6,7)/b21-11+;. The topological polar surface area (TPSA) is 117 Å². The summed E-state index contributed by atoms with van der Waals surface area (Å²) < 4.78 is 38.9. The summed E-state index contributed by atoms with van der Waals surface area (Å²) in [6.45, 7) is 13.8. The molecule has 3 heterocycles. The van der Waals surface area contributed by atoms with Crippen molar-refractivity contribution in [1.82, 2.24) is 14.5 Å². The summed E-state index contributed by atoms with van der Waals surface area (Å²) in [4.78, 5) is 43.2. The van der Waals surface area contributed by atoms with Crippen molar-refractivity contribution in [3.63, 3.8) is 0 Å². The van der Waals surface area contributed by atoms with E-state index in [1.165, 1.54) is 0 Å². The molecule has 2 aromatic heterocycles. The third-order valence-corrected chi connectivity index (χ3v) is 6.26. The number of nitrogens with zero attached hydrogens (tertiary/aromatic N) is 4. The lowest BCUT2D eigenvalue weighted by Gasteiger charge is -2.35. The fourth-order valence-electron chi connectivity index (χ4n) is 4.37. The van der Waals surface area contributed by atoms with E-state index in [1.807, 2.05) is 47.9 Å². The second kappa shape index (κ2) is 14.2. The predicted molar refractivity (Wildman–Crippen MR) is 159 cm³/mol. The van der Waals surface area contributed by atoms with Crippen LogP contribution in [0.4, 0.5) is 29.6 Å². The molecule has 1 saturated heterocycles. The minimum atomic E-state index is -5.08. The molecule has 4 rings (SSSR count).